The molecule has 6 nitrogen and oxygen atoms in total. The highest BCUT2D eigenvalue weighted by molar-refractivity contribution is 5.98. The summed E-state index contributed by atoms with van der Waals surface area (Å²) in [7, 11) is 0. The minimum absolute atomic E-state index is 0.0334. The molecule has 4 saturated carbocycles. The van der Waals surface area contributed by atoms with Crippen molar-refractivity contribution in [1.82, 2.24) is 9.97 Å². The molecule has 36 heavy (non-hydrogen) atoms. The molecule has 4 aliphatic rings. The highest BCUT2D eigenvalue weighted by atomic mass is 16.2. The number of rotatable bonds is 4. The van der Waals surface area contributed by atoms with Crippen molar-refractivity contribution < 1.29 is 9.59 Å². The summed E-state index contributed by atoms with van der Waals surface area (Å²) in [5.74, 6) is 1.20. The van der Waals surface area contributed by atoms with Crippen molar-refractivity contribution in [3.05, 3.63) is 73.1 Å². The number of carbonyl (C=O) groups is 2. The molecule has 4 aliphatic carbocycles. The van der Waals surface area contributed by atoms with Gasteiger partial charge in [-0.1, -0.05) is 36.4 Å². The normalized spacial score (nSPS) is 28.3. The van der Waals surface area contributed by atoms with Crippen LogP contribution in [-0.2, 0) is 9.59 Å². The Kier molecular flexibility index (Phi) is 5.01. The minimum Gasteiger partial charge on any atom is -0.324 e. The minimum atomic E-state index is -0.144. The van der Waals surface area contributed by atoms with E-state index >= 15 is 0 Å². The Morgan fingerprint density at radius 3 is 1.69 bits per heavy atom. The fourth-order valence-corrected chi connectivity index (χ4v) is 7.46. The zero-order valence-corrected chi connectivity index (χ0v) is 19.9. The Morgan fingerprint density at radius 1 is 0.667 bits per heavy atom. The van der Waals surface area contributed by atoms with Crippen LogP contribution in [0.1, 0.15) is 25.7 Å². The van der Waals surface area contributed by atoms with Crippen LogP contribution >= 0.6 is 0 Å². The maximum Gasteiger partial charge on any atom is 0.228 e. The monoisotopic (exact) mass is 476 g/mol. The summed E-state index contributed by atoms with van der Waals surface area (Å²) in [6.45, 7) is 0. The van der Waals surface area contributed by atoms with Gasteiger partial charge in [0.15, 0.2) is 0 Å². The Hall–Kier alpha value is -3.80. The smallest absolute Gasteiger partial charge is 0.228 e. The SMILES string of the molecule is O=C(Nc1cnc2ccccc2c1)C1C2CC3CC(C2)C(C(=O)Nc2cnc4ccccc4c2)C1C3. The molecule has 4 atom stereocenters. The third-order valence-electron chi connectivity index (χ3n) is 8.74. The Bertz CT molecular complexity index is 1390. The van der Waals surface area contributed by atoms with Crippen molar-refractivity contribution in [3.8, 4) is 0 Å². The number of nitrogens with zero attached hydrogens (tertiary/aromatic N) is 2. The average molecular weight is 477 g/mol. The second kappa shape index (κ2) is 8.40. The number of carbonyl (C=O) groups excluding carboxylic acids is 2. The number of anilines is 2. The highest BCUT2D eigenvalue weighted by Crippen LogP contribution is 2.59. The molecule has 4 fully saturated rings. The van der Waals surface area contributed by atoms with Crippen molar-refractivity contribution in [2.24, 2.45) is 35.5 Å². The fraction of sp³-hybridized carbons (Fsp3) is 0.333. The van der Waals surface area contributed by atoms with E-state index in [0.717, 1.165) is 58.9 Å². The molecular formula is C30H28N4O2. The molecule has 8 rings (SSSR count). The van der Waals surface area contributed by atoms with Crippen LogP contribution in [0.5, 0.6) is 0 Å². The van der Waals surface area contributed by atoms with Crippen LogP contribution in [-0.4, -0.2) is 21.8 Å². The predicted octanol–water partition coefficient (Wildman–Crippen LogP) is 5.66. The maximum absolute atomic E-state index is 13.6. The number of pyridine rings is 2. The van der Waals surface area contributed by atoms with Crippen molar-refractivity contribution in [3.63, 3.8) is 0 Å². The van der Waals surface area contributed by atoms with Gasteiger partial charge in [0.25, 0.3) is 0 Å². The first-order valence-corrected chi connectivity index (χ1v) is 12.9. The Labute approximate surface area is 209 Å². The Morgan fingerprint density at radius 2 is 1.17 bits per heavy atom. The van der Waals surface area contributed by atoms with Gasteiger partial charge in [0.1, 0.15) is 0 Å². The summed E-state index contributed by atoms with van der Waals surface area (Å²) in [4.78, 5) is 36.3. The Balaban J connectivity index is 1.13. The van der Waals surface area contributed by atoms with E-state index in [0.29, 0.717) is 17.8 Å². The van der Waals surface area contributed by atoms with E-state index < -0.39 is 0 Å². The molecule has 4 bridgehead atoms. The molecule has 2 amide bonds. The first kappa shape index (κ1) is 21.5. The fourth-order valence-electron chi connectivity index (χ4n) is 7.46. The van der Waals surface area contributed by atoms with Gasteiger partial charge in [0.05, 0.1) is 34.8 Å². The van der Waals surface area contributed by atoms with E-state index in [1.54, 1.807) is 12.4 Å². The van der Waals surface area contributed by atoms with Crippen LogP contribution in [0.2, 0.25) is 0 Å². The summed E-state index contributed by atoms with van der Waals surface area (Å²) in [5.41, 5.74) is 3.25. The number of fused-ring (bicyclic) bond motifs is 2. The van der Waals surface area contributed by atoms with Crippen LogP contribution in [0.4, 0.5) is 11.4 Å². The second-order valence-corrected chi connectivity index (χ2v) is 10.9. The largest absolute Gasteiger partial charge is 0.324 e. The standard InChI is InChI=1S/C30H28N4O2/c35-29(33-22-13-18-5-1-3-7-25(18)31-15-22)27-20-9-17-10-21(12-20)28(24(27)11-17)30(36)34-23-14-19-6-2-4-8-26(19)32-16-23/h1-8,13-17,20-21,24,27-28H,9-12H2,(H,33,35)(H,34,36). The third-order valence-corrected chi connectivity index (χ3v) is 8.74. The molecule has 4 aromatic rings. The molecule has 2 N–H and O–H groups in total. The first-order chi connectivity index (χ1) is 17.6. The molecular weight excluding hydrogens is 448 g/mol. The zero-order valence-electron chi connectivity index (χ0n) is 19.9. The molecule has 2 aromatic heterocycles. The lowest BCUT2D eigenvalue weighted by molar-refractivity contribution is -0.149. The molecule has 0 saturated heterocycles. The van der Waals surface area contributed by atoms with Crippen molar-refractivity contribution in [1.29, 1.82) is 0 Å². The third kappa shape index (κ3) is 3.63. The van der Waals surface area contributed by atoms with Gasteiger partial charge in [-0.25, -0.2) is 0 Å². The number of aromatic nitrogens is 2. The van der Waals surface area contributed by atoms with E-state index in [2.05, 4.69) is 20.6 Å². The highest BCUT2D eigenvalue weighted by Gasteiger charge is 2.57. The predicted molar refractivity (Wildman–Crippen MR) is 140 cm³/mol. The van der Waals surface area contributed by atoms with Gasteiger partial charge in [0, 0.05) is 22.6 Å². The van der Waals surface area contributed by atoms with Gasteiger partial charge in [0.2, 0.25) is 11.8 Å². The quantitative estimate of drug-likeness (QED) is 0.398. The van der Waals surface area contributed by atoms with Gasteiger partial charge in [-0.15, -0.1) is 0 Å². The summed E-state index contributed by atoms with van der Waals surface area (Å²) in [5, 5.41) is 8.30. The van der Waals surface area contributed by atoms with Crippen LogP contribution in [0, 0.1) is 35.5 Å². The molecule has 0 spiro atoms. The number of amides is 2. The zero-order chi connectivity index (χ0) is 24.2. The molecule has 4 unspecified atom stereocenters. The average Bonchev–Trinajstić information content (AvgIpc) is 2.88. The van der Waals surface area contributed by atoms with Crippen LogP contribution < -0.4 is 10.6 Å². The van der Waals surface area contributed by atoms with Gasteiger partial charge < -0.3 is 10.6 Å². The second-order valence-electron chi connectivity index (χ2n) is 10.9. The van der Waals surface area contributed by atoms with Gasteiger partial charge in [-0.3, -0.25) is 19.6 Å². The van der Waals surface area contributed by atoms with Crippen molar-refractivity contribution >= 4 is 45.0 Å². The van der Waals surface area contributed by atoms with E-state index in [-0.39, 0.29) is 29.6 Å². The van der Waals surface area contributed by atoms with E-state index in [1.165, 1.54) is 0 Å². The molecule has 2 heterocycles. The van der Waals surface area contributed by atoms with Gasteiger partial charge >= 0.3 is 0 Å². The lowest BCUT2D eigenvalue weighted by Crippen LogP contribution is -2.56. The van der Waals surface area contributed by atoms with Crippen LogP contribution in [0.3, 0.4) is 0 Å². The molecule has 2 aromatic carbocycles. The lowest BCUT2D eigenvalue weighted by atomic mass is 9.47. The summed E-state index contributed by atoms with van der Waals surface area (Å²) < 4.78 is 0. The van der Waals surface area contributed by atoms with Crippen LogP contribution in [0.25, 0.3) is 21.8 Å². The number of hydrogen-bond donors (Lipinski definition) is 2. The molecule has 0 radical (unpaired) electrons. The number of hydrogen-bond acceptors (Lipinski definition) is 4. The van der Waals surface area contributed by atoms with E-state index in [9.17, 15) is 9.59 Å². The first-order valence-electron chi connectivity index (χ1n) is 12.9. The number of benzene rings is 2. The van der Waals surface area contributed by atoms with Crippen LogP contribution in [0.15, 0.2) is 73.1 Å². The summed E-state index contributed by atoms with van der Waals surface area (Å²) >= 11 is 0. The maximum atomic E-state index is 13.6. The van der Waals surface area contributed by atoms with E-state index in [1.807, 2.05) is 60.7 Å². The summed E-state index contributed by atoms with van der Waals surface area (Å²) in [6.07, 6.45) is 7.57. The number of nitrogens with one attached hydrogen (secondary N) is 2. The summed E-state index contributed by atoms with van der Waals surface area (Å²) in [6, 6.07) is 19.8. The molecule has 6 heteroatoms. The van der Waals surface area contributed by atoms with E-state index in [4.69, 9.17) is 0 Å². The molecule has 0 aliphatic heterocycles. The van der Waals surface area contributed by atoms with Gasteiger partial charge in [-0.2, -0.15) is 0 Å². The molecule has 180 valence electrons. The van der Waals surface area contributed by atoms with Gasteiger partial charge in [-0.05, 0) is 73.6 Å². The van der Waals surface area contributed by atoms with Crippen molar-refractivity contribution in [2.75, 3.05) is 10.6 Å². The number of para-hydroxylation sites is 2. The van der Waals surface area contributed by atoms with Crippen molar-refractivity contribution in [2.45, 2.75) is 25.7 Å². The lowest BCUT2D eigenvalue weighted by Gasteiger charge is -2.57. The topological polar surface area (TPSA) is 84.0 Å².